The number of hydrogen-bond donors (Lipinski definition) is 0. The van der Waals surface area contributed by atoms with Crippen molar-refractivity contribution in [3.63, 3.8) is 0 Å². The second kappa shape index (κ2) is 12.0. The molecule has 0 saturated carbocycles. The quantitative estimate of drug-likeness (QED) is 0.171. The summed E-state index contributed by atoms with van der Waals surface area (Å²) in [7, 11) is 1.56. The van der Waals surface area contributed by atoms with Crippen molar-refractivity contribution in [2.24, 2.45) is 7.05 Å². The van der Waals surface area contributed by atoms with Gasteiger partial charge in [0.25, 0.3) is 11.1 Å². The molecule has 1 unspecified atom stereocenters. The Hall–Kier alpha value is -3.71. The lowest BCUT2D eigenvalue weighted by molar-refractivity contribution is -0.0570. The number of nitrogens with zero attached hydrogens (tertiary/aromatic N) is 4. The Morgan fingerprint density at radius 2 is 1.63 bits per heavy atom. The SMILES string of the molecule is CSc1nc2c(ncc(=O)n2C2C[C@H](OC(=O)c3ccc(Cl)cc3)[C@@H](COC(=O)c3ccc(Cl)cc3)O2)c(=O)n1C. The van der Waals surface area contributed by atoms with Crippen molar-refractivity contribution in [3.8, 4) is 0 Å². The summed E-state index contributed by atoms with van der Waals surface area (Å²) in [6.45, 7) is -0.292. The number of hydrogen-bond acceptors (Lipinski definition) is 10. The van der Waals surface area contributed by atoms with Gasteiger partial charge < -0.3 is 14.2 Å². The van der Waals surface area contributed by atoms with Crippen LogP contribution in [0.1, 0.15) is 33.4 Å². The van der Waals surface area contributed by atoms with Crippen LogP contribution < -0.4 is 11.1 Å². The summed E-state index contributed by atoms with van der Waals surface area (Å²) >= 11 is 13.1. The van der Waals surface area contributed by atoms with Gasteiger partial charge in [0.1, 0.15) is 25.0 Å². The van der Waals surface area contributed by atoms with E-state index >= 15 is 0 Å². The van der Waals surface area contributed by atoms with E-state index in [9.17, 15) is 19.2 Å². The lowest BCUT2D eigenvalue weighted by Gasteiger charge is -2.19. The lowest BCUT2D eigenvalue weighted by atomic mass is 10.1. The molecule has 0 spiro atoms. The minimum absolute atomic E-state index is 0.00695. The number of benzene rings is 2. The van der Waals surface area contributed by atoms with E-state index in [4.69, 9.17) is 37.4 Å². The van der Waals surface area contributed by atoms with Crippen molar-refractivity contribution >= 4 is 58.1 Å². The Morgan fingerprint density at radius 3 is 2.24 bits per heavy atom. The Balaban J connectivity index is 1.46. The highest BCUT2D eigenvalue weighted by Gasteiger charge is 2.41. The highest BCUT2D eigenvalue weighted by atomic mass is 35.5. The van der Waals surface area contributed by atoms with Gasteiger partial charge >= 0.3 is 11.9 Å². The zero-order valence-corrected chi connectivity index (χ0v) is 24.0. The third-order valence-corrected chi connectivity index (χ3v) is 7.66. The van der Waals surface area contributed by atoms with Crippen molar-refractivity contribution in [1.82, 2.24) is 19.1 Å². The number of rotatable bonds is 7. The zero-order chi connectivity index (χ0) is 29.3. The van der Waals surface area contributed by atoms with Crippen molar-refractivity contribution in [1.29, 1.82) is 0 Å². The molecular weight excluding hydrogens is 595 g/mol. The summed E-state index contributed by atoms with van der Waals surface area (Å²) in [5.74, 6) is -1.30. The molecule has 14 heteroatoms. The standard InChI is InChI=1S/C27H22Cl2N4O7S/c1-32-24(35)22-23(31-27(32)41-2)33(20(34)12-30-22)21-11-18(40-26(37)15-5-9-17(29)10-6-15)19(39-21)13-38-25(36)14-3-7-16(28)8-4-14/h3-10,12,18-19,21H,11,13H2,1-2H3/t18-,19+,21?/m0/s1. The summed E-state index contributed by atoms with van der Waals surface area (Å²) in [5.41, 5.74) is -0.504. The molecule has 1 saturated heterocycles. The molecule has 4 aromatic rings. The molecule has 0 bridgehead atoms. The maximum atomic E-state index is 13.0. The first kappa shape index (κ1) is 28.8. The summed E-state index contributed by atoms with van der Waals surface area (Å²) in [4.78, 5) is 60.1. The molecule has 1 aliphatic rings. The first-order valence-corrected chi connectivity index (χ1v) is 14.2. The molecule has 0 amide bonds. The molecule has 2 aromatic carbocycles. The third-order valence-electron chi connectivity index (χ3n) is 6.43. The summed E-state index contributed by atoms with van der Waals surface area (Å²) in [5, 5.41) is 1.27. The summed E-state index contributed by atoms with van der Waals surface area (Å²) < 4.78 is 19.9. The number of ether oxygens (including phenoxy) is 3. The van der Waals surface area contributed by atoms with Gasteiger partial charge in [0.15, 0.2) is 16.3 Å². The molecule has 0 radical (unpaired) electrons. The fourth-order valence-corrected chi connectivity index (χ4v) is 5.13. The minimum atomic E-state index is -1.01. The molecule has 1 fully saturated rings. The Morgan fingerprint density at radius 1 is 1.02 bits per heavy atom. The molecule has 41 heavy (non-hydrogen) atoms. The fraction of sp³-hybridized carbons (Fsp3) is 0.259. The van der Waals surface area contributed by atoms with Crippen molar-refractivity contribution in [2.45, 2.75) is 30.0 Å². The van der Waals surface area contributed by atoms with Crippen molar-refractivity contribution in [3.05, 3.63) is 96.6 Å². The average molecular weight is 617 g/mol. The predicted molar refractivity (Wildman–Crippen MR) is 152 cm³/mol. The van der Waals surface area contributed by atoms with E-state index in [2.05, 4.69) is 9.97 Å². The van der Waals surface area contributed by atoms with Crippen LogP contribution in [0, 0.1) is 0 Å². The van der Waals surface area contributed by atoms with E-state index in [1.54, 1.807) is 37.6 Å². The average Bonchev–Trinajstić information content (AvgIpc) is 3.35. The molecule has 0 aliphatic carbocycles. The van der Waals surface area contributed by atoms with Gasteiger partial charge in [-0.25, -0.2) is 19.6 Å². The molecular formula is C27H22Cl2N4O7S. The van der Waals surface area contributed by atoms with E-state index in [1.807, 2.05) is 0 Å². The molecule has 2 aromatic heterocycles. The predicted octanol–water partition coefficient (Wildman–Crippen LogP) is 3.89. The first-order valence-electron chi connectivity index (χ1n) is 12.2. The maximum absolute atomic E-state index is 13.0. The number of aromatic nitrogens is 4. The largest absolute Gasteiger partial charge is 0.459 e. The van der Waals surface area contributed by atoms with Crippen molar-refractivity contribution < 1.29 is 23.8 Å². The Kier molecular flexibility index (Phi) is 8.45. The van der Waals surface area contributed by atoms with Crippen molar-refractivity contribution in [2.75, 3.05) is 12.9 Å². The van der Waals surface area contributed by atoms with Crippen LogP contribution >= 0.6 is 35.0 Å². The molecule has 11 nitrogen and oxygen atoms in total. The number of fused-ring (bicyclic) bond motifs is 1. The molecule has 3 atom stereocenters. The van der Waals surface area contributed by atoms with Gasteiger partial charge in [0, 0.05) is 23.5 Å². The summed E-state index contributed by atoms with van der Waals surface area (Å²) in [6, 6.07) is 12.3. The van der Waals surface area contributed by atoms with Crippen LogP contribution in [0.2, 0.25) is 10.0 Å². The van der Waals surface area contributed by atoms with Gasteiger partial charge in [-0.3, -0.25) is 18.7 Å². The third kappa shape index (κ3) is 6.01. The number of thioether (sulfide) groups is 1. The van der Waals surface area contributed by atoms with Crippen LogP contribution in [0.25, 0.3) is 11.2 Å². The number of carbonyl (C=O) groups is 2. The summed E-state index contributed by atoms with van der Waals surface area (Å²) in [6.07, 6.45) is -0.125. The van der Waals surface area contributed by atoms with Crippen LogP contribution in [-0.4, -0.2) is 56.1 Å². The number of halogens is 2. The highest BCUT2D eigenvalue weighted by molar-refractivity contribution is 7.98. The van der Waals surface area contributed by atoms with Gasteiger partial charge in [-0.05, 0) is 54.8 Å². The second-order valence-electron chi connectivity index (χ2n) is 9.02. The second-order valence-corrected chi connectivity index (χ2v) is 10.7. The van der Waals surface area contributed by atoms with Crippen LogP contribution in [0.3, 0.4) is 0 Å². The monoisotopic (exact) mass is 616 g/mol. The van der Waals surface area contributed by atoms with Gasteiger partial charge in [-0.2, -0.15) is 0 Å². The molecule has 5 rings (SSSR count). The minimum Gasteiger partial charge on any atom is -0.459 e. The molecule has 0 N–H and O–H groups in total. The fourth-order valence-electron chi connectivity index (χ4n) is 4.34. The Bertz CT molecular complexity index is 1740. The lowest BCUT2D eigenvalue weighted by Crippen LogP contribution is -2.32. The maximum Gasteiger partial charge on any atom is 0.338 e. The zero-order valence-electron chi connectivity index (χ0n) is 21.7. The van der Waals surface area contributed by atoms with E-state index in [0.717, 1.165) is 6.20 Å². The Labute approximate surface area is 247 Å². The van der Waals surface area contributed by atoms with Crippen LogP contribution in [-0.2, 0) is 21.3 Å². The highest BCUT2D eigenvalue weighted by Crippen LogP contribution is 2.32. The van der Waals surface area contributed by atoms with Crippen LogP contribution in [0.15, 0.2) is 69.5 Å². The first-order chi connectivity index (χ1) is 19.7. The number of carbonyl (C=O) groups excluding carboxylic acids is 2. The van der Waals surface area contributed by atoms with Gasteiger partial charge in [-0.1, -0.05) is 35.0 Å². The van der Waals surface area contributed by atoms with Gasteiger partial charge in [0.2, 0.25) is 0 Å². The smallest absolute Gasteiger partial charge is 0.338 e. The van der Waals surface area contributed by atoms with E-state index in [-0.39, 0.29) is 35.3 Å². The van der Waals surface area contributed by atoms with E-state index < -0.39 is 41.5 Å². The van der Waals surface area contributed by atoms with E-state index in [1.165, 1.54) is 45.2 Å². The molecule has 3 heterocycles. The molecule has 212 valence electrons. The normalized spacial score (nSPS) is 18.4. The van der Waals surface area contributed by atoms with Crippen LogP contribution in [0.4, 0.5) is 0 Å². The van der Waals surface area contributed by atoms with Gasteiger partial charge in [0.05, 0.1) is 17.3 Å². The topological polar surface area (TPSA) is 132 Å². The van der Waals surface area contributed by atoms with E-state index in [0.29, 0.717) is 15.2 Å². The van der Waals surface area contributed by atoms with Crippen LogP contribution in [0.5, 0.6) is 0 Å². The number of esters is 2. The molecule has 1 aliphatic heterocycles. The van der Waals surface area contributed by atoms with Gasteiger partial charge in [-0.15, -0.1) is 0 Å².